The van der Waals surface area contributed by atoms with Crippen LogP contribution in [0.1, 0.15) is 15.9 Å². The maximum Gasteiger partial charge on any atom is 0.258 e. The lowest BCUT2D eigenvalue weighted by molar-refractivity contribution is 0.0993. The largest absolute Gasteiger partial charge is 0.311 e. The number of carbonyl (C=O) groups is 1. The number of benzene rings is 2. The first kappa shape index (κ1) is 13.1. The van der Waals surface area contributed by atoms with Crippen LogP contribution >= 0.6 is 11.6 Å². The molecule has 2 aromatic rings. The van der Waals surface area contributed by atoms with Crippen molar-refractivity contribution in [3.05, 3.63) is 64.7 Å². The normalized spacial score (nSPS) is 9.74. The lowest BCUT2D eigenvalue weighted by atomic mass is 10.1. The first-order chi connectivity index (χ1) is 9.11. The van der Waals surface area contributed by atoms with Gasteiger partial charge in [0.25, 0.3) is 5.91 Å². The van der Waals surface area contributed by atoms with Gasteiger partial charge in [0.05, 0.1) is 11.6 Å². The lowest BCUT2D eigenvalue weighted by Crippen LogP contribution is -2.26. The second-order valence-corrected chi connectivity index (χ2v) is 4.47. The van der Waals surface area contributed by atoms with Crippen molar-refractivity contribution in [2.75, 3.05) is 11.9 Å². The minimum Gasteiger partial charge on any atom is -0.311 e. The summed E-state index contributed by atoms with van der Waals surface area (Å²) in [6.45, 7) is 0. The van der Waals surface area contributed by atoms with E-state index in [9.17, 15) is 4.79 Å². The summed E-state index contributed by atoms with van der Waals surface area (Å²) < 4.78 is 0. The zero-order valence-corrected chi connectivity index (χ0v) is 11.1. The van der Waals surface area contributed by atoms with E-state index in [2.05, 4.69) is 0 Å². The highest BCUT2D eigenvalue weighted by Gasteiger charge is 2.13. The van der Waals surface area contributed by atoms with Gasteiger partial charge in [-0.05, 0) is 48.5 Å². The summed E-state index contributed by atoms with van der Waals surface area (Å²) in [7, 11) is 1.69. The van der Waals surface area contributed by atoms with Crippen LogP contribution in [0.4, 0.5) is 5.69 Å². The van der Waals surface area contributed by atoms with Crippen molar-refractivity contribution in [3.63, 3.8) is 0 Å². The Hall–Kier alpha value is -2.31. The summed E-state index contributed by atoms with van der Waals surface area (Å²) >= 11 is 5.79. The van der Waals surface area contributed by atoms with Crippen molar-refractivity contribution in [3.8, 4) is 6.07 Å². The third kappa shape index (κ3) is 2.93. The molecule has 0 fully saturated rings. The Labute approximate surface area is 116 Å². The Morgan fingerprint density at radius 3 is 2.21 bits per heavy atom. The number of nitriles is 1. The number of halogens is 1. The van der Waals surface area contributed by atoms with E-state index in [0.717, 1.165) is 5.69 Å². The summed E-state index contributed by atoms with van der Waals surface area (Å²) in [5.74, 6) is -0.124. The number of hydrogen-bond acceptors (Lipinski definition) is 2. The van der Waals surface area contributed by atoms with E-state index in [-0.39, 0.29) is 5.91 Å². The minimum absolute atomic E-state index is 0.124. The van der Waals surface area contributed by atoms with Crippen LogP contribution in [0.15, 0.2) is 48.5 Å². The molecule has 2 aromatic carbocycles. The van der Waals surface area contributed by atoms with Gasteiger partial charge in [0.1, 0.15) is 0 Å². The first-order valence-corrected chi connectivity index (χ1v) is 6.03. The van der Waals surface area contributed by atoms with Gasteiger partial charge in [0.15, 0.2) is 0 Å². The topological polar surface area (TPSA) is 44.1 Å². The molecule has 0 radical (unpaired) electrons. The van der Waals surface area contributed by atoms with E-state index in [4.69, 9.17) is 16.9 Å². The Kier molecular flexibility index (Phi) is 3.84. The summed E-state index contributed by atoms with van der Waals surface area (Å²) in [6, 6.07) is 15.6. The summed E-state index contributed by atoms with van der Waals surface area (Å²) in [4.78, 5) is 13.8. The van der Waals surface area contributed by atoms with E-state index in [1.165, 1.54) is 4.90 Å². The summed E-state index contributed by atoms with van der Waals surface area (Å²) in [5.41, 5.74) is 1.87. The minimum atomic E-state index is -0.124. The standard InChI is InChI=1S/C15H11ClN2O/c1-18(14-8-2-11(10-17)3-9-14)15(19)12-4-6-13(16)7-5-12/h2-9H,1H3. The maximum absolute atomic E-state index is 12.2. The Balaban J connectivity index is 2.23. The number of amides is 1. The molecule has 0 saturated heterocycles. The zero-order valence-electron chi connectivity index (χ0n) is 10.3. The average molecular weight is 271 g/mol. The summed E-state index contributed by atoms with van der Waals surface area (Å²) in [5, 5.41) is 9.33. The molecule has 0 saturated carbocycles. The molecule has 0 aliphatic carbocycles. The van der Waals surface area contributed by atoms with Crippen molar-refractivity contribution < 1.29 is 4.79 Å². The molecule has 2 rings (SSSR count). The van der Waals surface area contributed by atoms with E-state index >= 15 is 0 Å². The fourth-order valence-electron chi connectivity index (χ4n) is 1.66. The van der Waals surface area contributed by atoms with Crippen LogP contribution in [-0.2, 0) is 0 Å². The van der Waals surface area contributed by atoms with Gasteiger partial charge < -0.3 is 4.90 Å². The Morgan fingerprint density at radius 1 is 1.11 bits per heavy atom. The highest BCUT2D eigenvalue weighted by atomic mass is 35.5. The molecule has 0 aliphatic heterocycles. The molecular formula is C15H11ClN2O. The molecule has 0 atom stereocenters. The first-order valence-electron chi connectivity index (χ1n) is 5.65. The van der Waals surface area contributed by atoms with Crippen LogP contribution in [0.25, 0.3) is 0 Å². The zero-order chi connectivity index (χ0) is 13.8. The number of nitrogens with zero attached hydrogens (tertiary/aromatic N) is 2. The number of hydrogen-bond donors (Lipinski definition) is 0. The van der Waals surface area contributed by atoms with Gasteiger partial charge in [-0.15, -0.1) is 0 Å². The van der Waals surface area contributed by atoms with E-state index < -0.39 is 0 Å². The van der Waals surface area contributed by atoms with Crippen molar-refractivity contribution in [2.24, 2.45) is 0 Å². The van der Waals surface area contributed by atoms with Crippen molar-refractivity contribution in [1.82, 2.24) is 0 Å². The van der Waals surface area contributed by atoms with Gasteiger partial charge >= 0.3 is 0 Å². The second-order valence-electron chi connectivity index (χ2n) is 4.03. The monoisotopic (exact) mass is 270 g/mol. The van der Waals surface area contributed by atoms with Crippen molar-refractivity contribution in [1.29, 1.82) is 5.26 Å². The van der Waals surface area contributed by atoms with E-state index in [0.29, 0.717) is 16.1 Å². The SMILES string of the molecule is CN(C(=O)c1ccc(Cl)cc1)c1ccc(C#N)cc1. The lowest BCUT2D eigenvalue weighted by Gasteiger charge is -2.17. The van der Waals surface area contributed by atoms with Crippen molar-refractivity contribution in [2.45, 2.75) is 0 Å². The third-order valence-corrected chi connectivity index (χ3v) is 3.03. The van der Waals surface area contributed by atoms with Crippen LogP contribution in [0.3, 0.4) is 0 Å². The molecule has 1 amide bonds. The molecule has 94 valence electrons. The molecule has 0 aromatic heterocycles. The molecule has 0 N–H and O–H groups in total. The van der Waals surface area contributed by atoms with Gasteiger partial charge in [-0.25, -0.2) is 0 Å². The van der Waals surface area contributed by atoms with Gasteiger partial charge in [0.2, 0.25) is 0 Å². The molecule has 19 heavy (non-hydrogen) atoms. The predicted molar refractivity (Wildman–Crippen MR) is 75.3 cm³/mol. The smallest absolute Gasteiger partial charge is 0.258 e. The molecule has 0 unspecified atom stereocenters. The Bertz CT molecular complexity index is 627. The van der Waals surface area contributed by atoms with E-state index in [1.807, 2.05) is 6.07 Å². The average Bonchev–Trinajstić information content (AvgIpc) is 2.46. The number of carbonyl (C=O) groups excluding carboxylic acids is 1. The van der Waals surface area contributed by atoms with Crippen molar-refractivity contribution >= 4 is 23.2 Å². The second kappa shape index (κ2) is 5.55. The van der Waals surface area contributed by atoms with Crippen LogP contribution in [0, 0.1) is 11.3 Å². The fraction of sp³-hybridized carbons (Fsp3) is 0.0667. The molecule has 4 heteroatoms. The highest BCUT2D eigenvalue weighted by molar-refractivity contribution is 6.30. The number of rotatable bonds is 2. The molecule has 3 nitrogen and oxygen atoms in total. The molecule has 0 bridgehead atoms. The summed E-state index contributed by atoms with van der Waals surface area (Å²) in [6.07, 6.45) is 0. The number of anilines is 1. The van der Waals surface area contributed by atoms with E-state index in [1.54, 1.807) is 55.6 Å². The molecular weight excluding hydrogens is 260 g/mol. The molecule has 0 spiro atoms. The molecule has 0 aliphatic rings. The van der Waals surface area contributed by atoms with Gasteiger partial charge in [0, 0.05) is 23.3 Å². The Morgan fingerprint density at radius 2 is 1.68 bits per heavy atom. The van der Waals surface area contributed by atoms with Gasteiger partial charge in [-0.3, -0.25) is 4.79 Å². The molecule has 0 heterocycles. The quantitative estimate of drug-likeness (QED) is 0.838. The fourth-order valence-corrected chi connectivity index (χ4v) is 1.79. The van der Waals surface area contributed by atoms with Gasteiger partial charge in [-0.2, -0.15) is 5.26 Å². The predicted octanol–water partition coefficient (Wildman–Crippen LogP) is 3.49. The van der Waals surface area contributed by atoms with Gasteiger partial charge in [-0.1, -0.05) is 11.6 Å². The highest BCUT2D eigenvalue weighted by Crippen LogP contribution is 2.17. The van der Waals surface area contributed by atoms with Crippen LogP contribution < -0.4 is 4.90 Å². The van der Waals surface area contributed by atoms with Crippen LogP contribution in [0.5, 0.6) is 0 Å². The third-order valence-electron chi connectivity index (χ3n) is 2.78. The van der Waals surface area contributed by atoms with Crippen LogP contribution in [0.2, 0.25) is 5.02 Å². The maximum atomic E-state index is 12.2. The van der Waals surface area contributed by atoms with Crippen LogP contribution in [-0.4, -0.2) is 13.0 Å².